The summed E-state index contributed by atoms with van der Waals surface area (Å²) >= 11 is 0. The molecular formula is C14H22N2O5. The Morgan fingerprint density at radius 3 is 1.05 bits per heavy atom. The Bertz CT molecular complexity index is 312. The summed E-state index contributed by atoms with van der Waals surface area (Å²) in [5.41, 5.74) is -0.667. The van der Waals surface area contributed by atoms with Crippen LogP contribution in [0.15, 0.2) is 36.4 Å². The van der Waals surface area contributed by atoms with Crippen LogP contribution in [0.25, 0.3) is 0 Å². The predicted octanol–water partition coefficient (Wildman–Crippen LogP) is 0.848. The molecule has 0 radical (unpaired) electrons. The van der Waals surface area contributed by atoms with Gasteiger partial charge in [0.15, 0.2) is 0 Å². The van der Waals surface area contributed by atoms with Crippen molar-refractivity contribution < 1.29 is 24.9 Å². The number of benzene rings is 1. The molecule has 21 heavy (non-hydrogen) atoms. The second kappa shape index (κ2) is 20.2. The van der Waals surface area contributed by atoms with E-state index >= 15 is 0 Å². The van der Waals surface area contributed by atoms with Gasteiger partial charge in [-0.05, 0) is 6.42 Å². The van der Waals surface area contributed by atoms with Crippen molar-refractivity contribution in [1.29, 1.82) is 10.8 Å². The van der Waals surface area contributed by atoms with Crippen LogP contribution in [0.4, 0.5) is 0 Å². The summed E-state index contributed by atoms with van der Waals surface area (Å²) in [6, 6.07) is 12.0. The smallest absolute Gasteiger partial charge is 0.231 e. The lowest BCUT2D eigenvalue weighted by Crippen LogP contribution is -2.32. The number of aliphatic hydroxyl groups excluding tert-OH is 3. The molecule has 0 saturated heterocycles. The molecule has 5 N–H and O–H groups in total. The number of isocyanates is 2. The molecule has 0 aliphatic heterocycles. The Labute approximate surface area is 123 Å². The van der Waals surface area contributed by atoms with Gasteiger partial charge >= 0.3 is 0 Å². The maximum absolute atomic E-state index is 8.66. The second-order valence-electron chi connectivity index (χ2n) is 3.69. The molecule has 7 nitrogen and oxygen atoms in total. The van der Waals surface area contributed by atoms with Crippen LogP contribution in [-0.2, 0) is 9.59 Å². The van der Waals surface area contributed by atoms with Crippen LogP contribution < -0.4 is 0 Å². The molecule has 0 bridgehead atoms. The van der Waals surface area contributed by atoms with Crippen molar-refractivity contribution in [2.45, 2.75) is 13.3 Å². The third kappa shape index (κ3) is 17.9. The minimum Gasteiger partial charge on any atom is -0.396 e. The molecule has 1 aromatic rings. The average molecular weight is 298 g/mol. The fourth-order valence-corrected chi connectivity index (χ4v) is 0.870. The third-order valence-corrected chi connectivity index (χ3v) is 2.42. The summed E-state index contributed by atoms with van der Waals surface area (Å²) in [6.45, 7) is 1.35. The van der Waals surface area contributed by atoms with Crippen LogP contribution in [0.2, 0.25) is 0 Å². The monoisotopic (exact) mass is 298 g/mol. The van der Waals surface area contributed by atoms with Gasteiger partial charge in [-0.3, -0.25) is 0 Å². The molecule has 0 unspecified atom stereocenters. The number of aliphatic hydroxyl groups is 3. The lowest BCUT2D eigenvalue weighted by Gasteiger charge is -2.24. The fraction of sp³-hybridized carbons (Fsp3) is 0.429. The van der Waals surface area contributed by atoms with Gasteiger partial charge in [-0.1, -0.05) is 43.3 Å². The van der Waals surface area contributed by atoms with Crippen LogP contribution in [-0.4, -0.2) is 47.3 Å². The largest absolute Gasteiger partial charge is 0.396 e. The van der Waals surface area contributed by atoms with E-state index in [-0.39, 0.29) is 19.8 Å². The molecule has 0 heterocycles. The van der Waals surface area contributed by atoms with Gasteiger partial charge in [0.05, 0.1) is 19.8 Å². The Morgan fingerprint density at radius 1 is 0.810 bits per heavy atom. The summed E-state index contributed by atoms with van der Waals surface area (Å²) in [7, 11) is 0. The first kappa shape index (κ1) is 23.9. The molecule has 0 fully saturated rings. The van der Waals surface area contributed by atoms with Crippen LogP contribution in [0.5, 0.6) is 0 Å². The summed E-state index contributed by atoms with van der Waals surface area (Å²) in [6.07, 6.45) is 2.09. The minimum absolute atomic E-state index is 0.156. The van der Waals surface area contributed by atoms with Gasteiger partial charge < -0.3 is 15.3 Å². The summed E-state index contributed by atoms with van der Waals surface area (Å²) in [5, 5.41) is 36.8. The summed E-state index contributed by atoms with van der Waals surface area (Å²) < 4.78 is 0. The van der Waals surface area contributed by atoms with E-state index in [2.05, 4.69) is 0 Å². The molecule has 0 aliphatic rings. The molecule has 0 aliphatic carbocycles. The van der Waals surface area contributed by atoms with Gasteiger partial charge in [-0.15, -0.1) is 0 Å². The first-order chi connectivity index (χ1) is 10.1. The highest BCUT2D eigenvalue weighted by atomic mass is 16.3. The van der Waals surface area contributed by atoms with E-state index in [0.29, 0.717) is 6.42 Å². The molecule has 1 aromatic carbocycles. The van der Waals surface area contributed by atoms with Crippen molar-refractivity contribution in [3.63, 3.8) is 0 Å². The zero-order valence-electron chi connectivity index (χ0n) is 12.0. The van der Waals surface area contributed by atoms with E-state index in [0.717, 1.165) is 12.2 Å². The molecule has 0 saturated carbocycles. The number of nitrogens with one attached hydrogen (secondary N) is 2. The third-order valence-electron chi connectivity index (χ3n) is 2.42. The van der Waals surface area contributed by atoms with Crippen LogP contribution in [0.3, 0.4) is 0 Å². The van der Waals surface area contributed by atoms with E-state index in [4.69, 9.17) is 35.7 Å². The highest BCUT2D eigenvalue weighted by Gasteiger charge is 2.24. The van der Waals surface area contributed by atoms with Gasteiger partial charge in [0, 0.05) is 5.41 Å². The Kier molecular flexibility index (Phi) is 23.0. The van der Waals surface area contributed by atoms with E-state index < -0.39 is 5.41 Å². The van der Waals surface area contributed by atoms with E-state index in [1.54, 1.807) is 0 Å². The van der Waals surface area contributed by atoms with Crippen molar-refractivity contribution in [1.82, 2.24) is 0 Å². The first-order valence-corrected chi connectivity index (χ1v) is 5.98. The summed E-state index contributed by atoms with van der Waals surface area (Å²) in [4.78, 5) is 16.7. The topological polar surface area (TPSA) is 143 Å². The SMILES string of the molecule is CCC(CO)(CO)CO.N=C=O.N=C=O.c1ccccc1. The lowest BCUT2D eigenvalue weighted by molar-refractivity contribution is 0.00304. The Balaban J connectivity index is -0.000000232. The summed E-state index contributed by atoms with van der Waals surface area (Å²) in [5.74, 6) is 0. The van der Waals surface area contributed by atoms with Crippen molar-refractivity contribution in [2.75, 3.05) is 19.8 Å². The normalized spacial score (nSPS) is 8.19. The van der Waals surface area contributed by atoms with Gasteiger partial charge in [-0.2, -0.15) is 0 Å². The van der Waals surface area contributed by atoms with Crippen molar-refractivity contribution in [3.8, 4) is 0 Å². The highest BCUT2D eigenvalue weighted by molar-refractivity contribution is 5.26. The fourth-order valence-electron chi connectivity index (χ4n) is 0.870. The zero-order valence-corrected chi connectivity index (χ0v) is 12.0. The minimum atomic E-state index is -0.667. The van der Waals surface area contributed by atoms with Crippen molar-refractivity contribution in [2.24, 2.45) is 5.41 Å². The van der Waals surface area contributed by atoms with Gasteiger partial charge in [0.1, 0.15) is 0 Å². The molecule has 1 rings (SSSR count). The zero-order chi connectivity index (χ0) is 17.0. The van der Waals surface area contributed by atoms with Crippen LogP contribution >= 0.6 is 0 Å². The molecule has 0 amide bonds. The standard InChI is InChI=1S/C6H14O3.C6H6.2CHNO/c1-2-6(3-7,4-8)5-9;1-2-4-6-5-3-1;2*2-1-3/h7-9H,2-5H2,1H3;1-6H;2*2H. The number of hydrogen-bond acceptors (Lipinski definition) is 7. The Morgan fingerprint density at radius 2 is 1.00 bits per heavy atom. The second-order valence-corrected chi connectivity index (χ2v) is 3.69. The first-order valence-electron chi connectivity index (χ1n) is 5.98. The Hall–Kier alpha value is -2.14. The number of carbonyl (C=O) groups excluding carboxylic acids is 2. The van der Waals surface area contributed by atoms with Gasteiger partial charge in [0.2, 0.25) is 12.2 Å². The van der Waals surface area contributed by atoms with E-state index in [1.807, 2.05) is 43.3 Å². The van der Waals surface area contributed by atoms with Gasteiger partial charge in [0.25, 0.3) is 0 Å². The molecule has 0 aromatic heterocycles. The predicted molar refractivity (Wildman–Crippen MR) is 77.2 cm³/mol. The average Bonchev–Trinajstić information content (AvgIpc) is 2.54. The highest BCUT2D eigenvalue weighted by Crippen LogP contribution is 2.18. The molecule has 7 heteroatoms. The molecule has 0 atom stereocenters. The molecular weight excluding hydrogens is 276 g/mol. The maximum Gasteiger partial charge on any atom is 0.231 e. The van der Waals surface area contributed by atoms with Crippen molar-refractivity contribution >= 4 is 12.2 Å². The van der Waals surface area contributed by atoms with E-state index in [1.165, 1.54) is 0 Å². The van der Waals surface area contributed by atoms with Crippen LogP contribution in [0, 0.1) is 16.2 Å². The van der Waals surface area contributed by atoms with Crippen molar-refractivity contribution in [3.05, 3.63) is 36.4 Å². The quantitative estimate of drug-likeness (QED) is 0.413. The molecule has 0 spiro atoms. The number of rotatable bonds is 4. The lowest BCUT2D eigenvalue weighted by atomic mass is 9.88. The maximum atomic E-state index is 8.66. The molecule has 118 valence electrons. The number of hydrogen-bond donors (Lipinski definition) is 5. The van der Waals surface area contributed by atoms with Crippen LogP contribution in [0.1, 0.15) is 13.3 Å². The van der Waals surface area contributed by atoms with E-state index in [9.17, 15) is 0 Å². The van der Waals surface area contributed by atoms with Gasteiger partial charge in [-0.25, -0.2) is 20.4 Å².